The Balaban J connectivity index is 2.60. The molecule has 1 rings (SSSR count). The highest BCUT2D eigenvalue weighted by atomic mass is 16.6. The smallest absolute Gasteiger partial charge is 0.120 e. The molecule has 1 aliphatic heterocycles. The Bertz CT molecular complexity index is 104. The Kier molecular flexibility index (Phi) is 1.53. The average molecular weight is 113 g/mol. The predicted octanol–water partition coefficient (Wildman–Crippen LogP) is 1.21. The second kappa shape index (κ2) is 2.18. The lowest BCUT2D eigenvalue weighted by Crippen LogP contribution is -2.20. The molecule has 1 N–H and O–H groups in total. The Morgan fingerprint density at radius 1 is 1.50 bits per heavy atom. The van der Waals surface area contributed by atoms with Crippen LogP contribution in [0.4, 0.5) is 0 Å². The molecule has 0 saturated heterocycles. The first-order chi connectivity index (χ1) is 3.80. The van der Waals surface area contributed by atoms with Crippen molar-refractivity contribution in [3.8, 4) is 0 Å². The van der Waals surface area contributed by atoms with Crippen molar-refractivity contribution in [2.45, 2.75) is 20.3 Å². The molecule has 1 aliphatic rings. The number of rotatable bonds is 0. The first kappa shape index (κ1) is 5.63. The van der Waals surface area contributed by atoms with Gasteiger partial charge in [-0.15, -0.1) is 0 Å². The molecule has 1 heterocycles. The van der Waals surface area contributed by atoms with Crippen molar-refractivity contribution in [2.24, 2.45) is 0 Å². The van der Waals surface area contributed by atoms with Crippen LogP contribution >= 0.6 is 0 Å². The predicted molar refractivity (Wildman–Crippen MR) is 32.1 cm³/mol. The molecule has 0 aliphatic carbocycles. The number of hydroxylamine groups is 1. The van der Waals surface area contributed by atoms with Crippen LogP contribution in [0.2, 0.25) is 0 Å². The highest BCUT2D eigenvalue weighted by molar-refractivity contribution is 5.04. The summed E-state index contributed by atoms with van der Waals surface area (Å²) in [6.45, 7) is 5.01. The van der Waals surface area contributed by atoms with Crippen LogP contribution in [-0.2, 0) is 4.84 Å². The third-order valence-corrected chi connectivity index (χ3v) is 1.43. The molecular formula is C6H11NO. The molecule has 8 heavy (non-hydrogen) atoms. The first-order valence-corrected chi connectivity index (χ1v) is 2.87. The van der Waals surface area contributed by atoms with Gasteiger partial charge in [0.25, 0.3) is 0 Å². The van der Waals surface area contributed by atoms with E-state index in [2.05, 4.69) is 12.4 Å². The van der Waals surface area contributed by atoms with Gasteiger partial charge < -0.3 is 4.84 Å². The van der Waals surface area contributed by atoms with E-state index in [0.717, 1.165) is 18.7 Å². The summed E-state index contributed by atoms with van der Waals surface area (Å²) in [6, 6.07) is 0. The van der Waals surface area contributed by atoms with Crippen molar-refractivity contribution in [3.05, 3.63) is 11.3 Å². The fourth-order valence-electron chi connectivity index (χ4n) is 0.661. The topological polar surface area (TPSA) is 21.3 Å². The zero-order chi connectivity index (χ0) is 5.98. The Labute approximate surface area is 49.5 Å². The molecular weight excluding hydrogens is 102 g/mol. The maximum Gasteiger partial charge on any atom is 0.120 e. The van der Waals surface area contributed by atoms with Gasteiger partial charge in [-0.3, -0.25) is 0 Å². The number of nitrogens with one attached hydrogen (secondary N) is 1. The minimum atomic E-state index is 0.948. The summed E-state index contributed by atoms with van der Waals surface area (Å²) < 4.78 is 0. The number of allylic oxidation sites excluding steroid dienone is 1. The van der Waals surface area contributed by atoms with Gasteiger partial charge in [0.15, 0.2) is 0 Å². The van der Waals surface area contributed by atoms with Gasteiger partial charge in [-0.25, -0.2) is 0 Å². The lowest BCUT2D eigenvalue weighted by Gasteiger charge is -2.15. The van der Waals surface area contributed by atoms with E-state index in [9.17, 15) is 0 Å². The van der Waals surface area contributed by atoms with E-state index < -0.39 is 0 Å². The minimum Gasteiger partial charge on any atom is -0.414 e. The summed E-state index contributed by atoms with van der Waals surface area (Å²) in [6.07, 6.45) is 1.12. The Hall–Kier alpha value is -0.500. The zero-order valence-electron chi connectivity index (χ0n) is 5.32. The van der Waals surface area contributed by atoms with E-state index >= 15 is 0 Å². The molecule has 0 atom stereocenters. The fourth-order valence-corrected chi connectivity index (χ4v) is 0.661. The van der Waals surface area contributed by atoms with Crippen molar-refractivity contribution in [1.82, 2.24) is 5.48 Å². The van der Waals surface area contributed by atoms with Gasteiger partial charge in [-0.2, -0.15) is 5.48 Å². The lowest BCUT2D eigenvalue weighted by atomic mass is 10.2. The number of hydrogen-bond donors (Lipinski definition) is 1. The van der Waals surface area contributed by atoms with Gasteiger partial charge in [-0.05, 0) is 25.8 Å². The minimum absolute atomic E-state index is 0.948. The largest absolute Gasteiger partial charge is 0.414 e. The maximum absolute atomic E-state index is 5.02. The van der Waals surface area contributed by atoms with E-state index in [1.165, 1.54) is 5.57 Å². The van der Waals surface area contributed by atoms with Crippen molar-refractivity contribution in [1.29, 1.82) is 0 Å². The van der Waals surface area contributed by atoms with E-state index in [0.29, 0.717) is 0 Å². The summed E-state index contributed by atoms with van der Waals surface area (Å²) in [5, 5.41) is 0. The van der Waals surface area contributed by atoms with E-state index in [-0.39, 0.29) is 0 Å². The van der Waals surface area contributed by atoms with Crippen molar-refractivity contribution >= 4 is 0 Å². The highest BCUT2D eigenvalue weighted by Crippen LogP contribution is 2.10. The molecule has 0 spiro atoms. The molecule has 46 valence electrons. The van der Waals surface area contributed by atoms with Gasteiger partial charge in [0, 0.05) is 6.54 Å². The summed E-state index contributed by atoms with van der Waals surface area (Å²) >= 11 is 0. The van der Waals surface area contributed by atoms with E-state index in [4.69, 9.17) is 4.84 Å². The van der Waals surface area contributed by atoms with E-state index in [1.807, 2.05) is 6.92 Å². The zero-order valence-corrected chi connectivity index (χ0v) is 5.32. The highest BCUT2D eigenvalue weighted by Gasteiger charge is 2.03. The van der Waals surface area contributed by atoms with Gasteiger partial charge in [0.1, 0.15) is 5.76 Å². The molecule has 0 saturated carbocycles. The van der Waals surface area contributed by atoms with Crippen LogP contribution < -0.4 is 5.48 Å². The van der Waals surface area contributed by atoms with E-state index in [1.54, 1.807) is 0 Å². The van der Waals surface area contributed by atoms with Gasteiger partial charge in [0.2, 0.25) is 0 Å². The lowest BCUT2D eigenvalue weighted by molar-refractivity contribution is 0.0909. The molecule has 0 fully saturated rings. The molecule has 0 aromatic carbocycles. The second-order valence-electron chi connectivity index (χ2n) is 2.08. The molecule has 0 aromatic heterocycles. The van der Waals surface area contributed by atoms with Crippen LogP contribution in [0, 0.1) is 0 Å². The molecule has 0 bridgehead atoms. The monoisotopic (exact) mass is 113 g/mol. The standard InChI is InChI=1S/C6H11NO/c1-5-3-4-7-8-6(5)2/h7H,3-4H2,1-2H3. The van der Waals surface area contributed by atoms with Crippen LogP contribution in [0.5, 0.6) is 0 Å². The third kappa shape index (κ3) is 1.01. The molecule has 0 aromatic rings. The van der Waals surface area contributed by atoms with Crippen molar-refractivity contribution in [3.63, 3.8) is 0 Å². The normalized spacial score (nSPS) is 20.8. The quantitative estimate of drug-likeness (QED) is 0.509. The Morgan fingerprint density at radius 3 is 2.62 bits per heavy atom. The molecule has 0 unspecified atom stereocenters. The van der Waals surface area contributed by atoms with Crippen molar-refractivity contribution < 1.29 is 4.84 Å². The summed E-state index contributed by atoms with van der Waals surface area (Å²) in [4.78, 5) is 5.02. The van der Waals surface area contributed by atoms with Gasteiger partial charge >= 0.3 is 0 Å². The van der Waals surface area contributed by atoms with Gasteiger partial charge in [-0.1, -0.05) is 0 Å². The van der Waals surface area contributed by atoms with Gasteiger partial charge in [0.05, 0.1) is 0 Å². The molecule has 2 nitrogen and oxygen atoms in total. The first-order valence-electron chi connectivity index (χ1n) is 2.87. The molecule has 0 amide bonds. The Morgan fingerprint density at radius 2 is 2.25 bits per heavy atom. The van der Waals surface area contributed by atoms with Crippen LogP contribution in [-0.4, -0.2) is 6.54 Å². The van der Waals surface area contributed by atoms with Crippen LogP contribution in [0.25, 0.3) is 0 Å². The summed E-state index contributed by atoms with van der Waals surface area (Å²) in [7, 11) is 0. The van der Waals surface area contributed by atoms with Crippen LogP contribution in [0.3, 0.4) is 0 Å². The third-order valence-electron chi connectivity index (χ3n) is 1.43. The SMILES string of the molecule is CC1=C(C)ONCC1. The number of hydrogen-bond acceptors (Lipinski definition) is 2. The summed E-state index contributed by atoms with van der Waals surface area (Å²) in [5.41, 5.74) is 4.16. The maximum atomic E-state index is 5.02. The fraction of sp³-hybridized carbons (Fsp3) is 0.667. The van der Waals surface area contributed by atoms with Crippen molar-refractivity contribution in [2.75, 3.05) is 6.54 Å². The summed E-state index contributed by atoms with van der Waals surface area (Å²) in [5.74, 6) is 1.02. The average Bonchev–Trinajstić information content (AvgIpc) is 1.77. The van der Waals surface area contributed by atoms with Crippen LogP contribution in [0.1, 0.15) is 20.3 Å². The molecule has 2 heteroatoms. The van der Waals surface area contributed by atoms with Crippen LogP contribution in [0.15, 0.2) is 11.3 Å². The second-order valence-corrected chi connectivity index (χ2v) is 2.08. The molecule has 0 radical (unpaired) electrons.